The van der Waals surface area contributed by atoms with Crippen LogP contribution in [0.1, 0.15) is 18.9 Å². The molecular weight excluding hydrogens is 380 g/mol. The summed E-state index contributed by atoms with van der Waals surface area (Å²) in [5.41, 5.74) is 0.855. The lowest BCUT2D eigenvalue weighted by Crippen LogP contribution is -2.43. The second kappa shape index (κ2) is 10.8. The summed E-state index contributed by atoms with van der Waals surface area (Å²) in [5, 5.41) is 0.998. The fourth-order valence-electron chi connectivity index (χ4n) is 1.81. The first-order valence-corrected chi connectivity index (χ1v) is 8.57. The number of esters is 2. The van der Waals surface area contributed by atoms with Crippen molar-refractivity contribution < 1.29 is 23.9 Å². The van der Waals surface area contributed by atoms with Gasteiger partial charge in [-0.15, -0.1) is 0 Å². The van der Waals surface area contributed by atoms with Gasteiger partial charge in [0.1, 0.15) is 13.2 Å². The van der Waals surface area contributed by atoms with Crippen molar-refractivity contribution in [2.24, 2.45) is 11.8 Å². The second-order valence-electron chi connectivity index (χ2n) is 4.98. The maximum atomic E-state index is 12.1. The predicted octanol–water partition coefficient (Wildman–Crippen LogP) is 1.40. The monoisotopic (exact) mass is 400 g/mol. The lowest BCUT2D eigenvalue weighted by molar-refractivity contribution is -0.153. The molecule has 1 unspecified atom stereocenters. The van der Waals surface area contributed by atoms with Crippen molar-refractivity contribution in [3.8, 4) is 0 Å². The molecule has 0 spiro atoms. The summed E-state index contributed by atoms with van der Waals surface area (Å²) in [5.74, 6) is 3.20. The molecule has 0 fully saturated rings. The molecule has 0 aliphatic carbocycles. The van der Waals surface area contributed by atoms with Crippen LogP contribution in [-0.4, -0.2) is 41.3 Å². The number of amides is 1. The minimum absolute atomic E-state index is 0.131. The summed E-state index contributed by atoms with van der Waals surface area (Å²) < 4.78 is 9.92. The molecule has 1 aromatic carbocycles. The van der Waals surface area contributed by atoms with Crippen LogP contribution >= 0.6 is 15.9 Å². The predicted molar refractivity (Wildman–Crippen MR) is 90.7 cm³/mol. The molecule has 0 saturated heterocycles. The normalized spacial score (nSPS) is 11.5. The van der Waals surface area contributed by atoms with E-state index in [1.54, 1.807) is 6.92 Å². The highest BCUT2D eigenvalue weighted by Gasteiger charge is 2.25. The first-order valence-electron chi connectivity index (χ1n) is 7.45. The van der Waals surface area contributed by atoms with E-state index in [4.69, 9.17) is 15.3 Å². The van der Waals surface area contributed by atoms with Crippen LogP contribution in [-0.2, 0) is 30.5 Å². The van der Waals surface area contributed by atoms with Gasteiger partial charge in [-0.25, -0.2) is 5.84 Å². The van der Waals surface area contributed by atoms with E-state index in [-0.39, 0.29) is 31.5 Å². The highest BCUT2D eigenvalue weighted by atomic mass is 79.9. The number of carbonyl (C=O) groups excluding carboxylic acids is 3. The third kappa shape index (κ3) is 7.10. The average molecular weight is 401 g/mol. The topological polar surface area (TPSA) is 98.9 Å². The van der Waals surface area contributed by atoms with E-state index in [0.717, 1.165) is 10.6 Å². The fraction of sp³-hybridized carbons (Fsp3) is 0.438. The minimum Gasteiger partial charge on any atom is -0.465 e. The molecule has 0 aliphatic heterocycles. The molecule has 0 heterocycles. The zero-order valence-corrected chi connectivity index (χ0v) is 15.0. The molecule has 7 nitrogen and oxygen atoms in total. The zero-order chi connectivity index (χ0) is 17.9. The van der Waals surface area contributed by atoms with E-state index < -0.39 is 23.8 Å². The Bertz CT molecular complexity index is 553. The lowest BCUT2D eigenvalue weighted by atomic mass is 10.1. The van der Waals surface area contributed by atoms with Gasteiger partial charge in [-0.3, -0.25) is 19.4 Å². The molecule has 1 amide bonds. The number of hydrazine groups is 1. The van der Waals surface area contributed by atoms with E-state index in [1.165, 1.54) is 0 Å². The van der Waals surface area contributed by atoms with Crippen LogP contribution in [0.4, 0.5) is 0 Å². The van der Waals surface area contributed by atoms with Gasteiger partial charge in [-0.1, -0.05) is 46.3 Å². The Labute approximate surface area is 149 Å². The highest BCUT2D eigenvalue weighted by Crippen LogP contribution is 2.13. The fourth-order valence-corrected chi connectivity index (χ4v) is 2.30. The van der Waals surface area contributed by atoms with Crippen LogP contribution in [0.3, 0.4) is 0 Å². The maximum absolute atomic E-state index is 12.1. The van der Waals surface area contributed by atoms with Crippen molar-refractivity contribution in [1.82, 2.24) is 5.01 Å². The number of carbonyl (C=O) groups is 3. The van der Waals surface area contributed by atoms with Crippen molar-refractivity contribution in [1.29, 1.82) is 0 Å². The Morgan fingerprint density at radius 3 is 2.46 bits per heavy atom. The summed E-state index contributed by atoms with van der Waals surface area (Å²) in [6.45, 7) is 1.63. The number of hydrogen-bond acceptors (Lipinski definition) is 6. The zero-order valence-electron chi connectivity index (χ0n) is 13.4. The van der Waals surface area contributed by atoms with E-state index in [9.17, 15) is 14.4 Å². The lowest BCUT2D eigenvalue weighted by Gasteiger charge is -2.18. The smallest absolute Gasteiger partial charge is 0.327 e. The van der Waals surface area contributed by atoms with Gasteiger partial charge >= 0.3 is 11.9 Å². The van der Waals surface area contributed by atoms with Crippen LogP contribution in [0.2, 0.25) is 0 Å². The SMILES string of the molecule is CCOC(=O)CN(N)C(=O)CC(CBr)C(=O)OCc1ccccc1. The van der Waals surface area contributed by atoms with Crippen LogP contribution in [0.5, 0.6) is 0 Å². The molecule has 132 valence electrons. The summed E-state index contributed by atoms with van der Waals surface area (Å²) >= 11 is 3.19. The molecule has 2 N–H and O–H groups in total. The van der Waals surface area contributed by atoms with Gasteiger partial charge < -0.3 is 9.47 Å². The van der Waals surface area contributed by atoms with Crippen LogP contribution in [0.25, 0.3) is 0 Å². The number of nitrogens with two attached hydrogens (primary N) is 1. The molecule has 0 bridgehead atoms. The van der Waals surface area contributed by atoms with Crippen molar-refractivity contribution in [3.05, 3.63) is 35.9 Å². The number of rotatable bonds is 9. The summed E-state index contributed by atoms with van der Waals surface area (Å²) in [7, 11) is 0. The molecule has 0 saturated carbocycles. The molecule has 8 heteroatoms. The van der Waals surface area contributed by atoms with Crippen LogP contribution in [0.15, 0.2) is 30.3 Å². The summed E-state index contributed by atoms with van der Waals surface area (Å²) in [6, 6.07) is 9.22. The van der Waals surface area contributed by atoms with Crippen molar-refractivity contribution in [2.45, 2.75) is 20.0 Å². The minimum atomic E-state index is -0.686. The van der Waals surface area contributed by atoms with Gasteiger partial charge in [0.25, 0.3) is 0 Å². The van der Waals surface area contributed by atoms with Crippen molar-refractivity contribution in [3.63, 3.8) is 0 Å². The number of ether oxygens (including phenoxy) is 2. The Balaban J connectivity index is 2.48. The van der Waals surface area contributed by atoms with E-state index >= 15 is 0 Å². The van der Waals surface area contributed by atoms with Crippen LogP contribution in [0, 0.1) is 5.92 Å². The van der Waals surface area contributed by atoms with Gasteiger partial charge in [-0.05, 0) is 12.5 Å². The summed E-state index contributed by atoms with van der Waals surface area (Å²) in [6.07, 6.45) is -0.158. The number of alkyl halides is 1. The third-order valence-corrected chi connectivity index (χ3v) is 3.87. The maximum Gasteiger partial charge on any atom is 0.327 e. The molecule has 24 heavy (non-hydrogen) atoms. The summed E-state index contributed by atoms with van der Waals surface area (Å²) in [4.78, 5) is 35.4. The van der Waals surface area contributed by atoms with Crippen LogP contribution < -0.4 is 5.84 Å². The molecule has 1 atom stereocenters. The highest BCUT2D eigenvalue weighted by molar-refractivity contribution is 9.09. The Morgan fingerprint density at radius 1 is 1.21 bits per heavy atom. The number of benzene rings is 1. The van der Waals surface area contributed by atoms with Crippen molar-refractivity contribution in [2.75, 3.05) is 18.5 Å². The Hall–Kier alpha value is -1.93. The Morgan fingerprint density at radius 2 is 1.88 bits per heavy atom. The molecule has 1 rings (SSSR count). The van der Waals surface area contributed by atoms with Gasteiger partial charge in [-0.2, -0.15) is 0 Å². The van der Waals surface area contributed by atoms with E-state index in [0.29, 0.717) is 0 Å². The Kier molecular flexibility index (Phi) is 9.03. The van der Waals surface area contributed by atoms with E-state index in [2.05, 4.69) is 15.9 Å². The first kappa shape index (κ1) is 20.1. The van der Waals surface area contributed by atoms with E-state index in [1.807, 2.05) is 30.3 Å². The molecule has 0 radical (unpaired) electrons. The van der Waals surface area contributed by atoms with Gasteiger partial charge in [0.05, 0.1) is 12.5 Å². The number of nitrogens with zero attached hydrogens (tertiary/aromatic N) is 1. The first-order chi connectivity index (χ1) is 11.5. The molecule has 0 aliphatic rings. The second-order valence-corrected chi connectivity index (χ2v) is 5.62. The quantitative estimate of drug-likeness (QED) is 0.221. The van der Waals surface area contributed by atoms with Gasteiger partial charge in [0, 0.05) is 11.8 Å². The molecule has 1 aromatic rings. The number of hydrogen-bond donors (Lipinski definition) is 1. The van der Waals surface area contributed by atoms with Gasteiger partial charge in [0.15, 0.2) is 0 Å². The average Bonchev–Trinajstić information content (AvgIpc) is 2.58. The van der Waals surface area contributed by atoms with Gasteiger partial charge in [0.2, 0.25) is 5.91 Å². The standard InChI is InChI=1S/C16H21BrN2O5/c1-2-23-15(21)10-19(18)14(20)8-13(9-17)16(22)24-11-12-6-4-3-5-7-12/h3-7,13H,2,8-11,18H2,1H3. The largest absolute Gasteiger partial charge is 0.465 e. The third-order valence-electron chi connectivity index (χ3n) is 3.09. The molecular formula is C16H21BrN2O5. The molecule has 0 aromatic heterocycles. The number of halogens is 1. The van der Waals surface area contributed by atoms with Crippen molar-refractivity contribution >= 4 is 33.8 Å².